The zero-order valence-electron chi connectivity index (χ0n) is 15.3. The molecule has 3 aromatic rings. The minimum absolute atomic E-state index is 0.276. The van der Waals surface area contributed by atoms with Gasteiger partial charge >= 0.3 is 5.97 Å². The van der Waals surface area contributed by atoms with Crippen molar-refractivity contribution in [1.82, 2.24) is 4.98 Å². The van der Waals surface area contributed by atoms with Crippen LogP contribution in [0.15, 0.2) is 54.6 Å². The number of aromatic carboxylic acids is 1. The molecule has 4 rings (SSSR count). The Balaban J connectivity index is 1.90. The fourth-order valence-electron chi connectivity index (χ4n) is 3.84. The Morgan fingerprint density at radius 2 is 2.04 bits per heavy atom. The van der Waals surface area contributed by atoms with Crippen LogP contribution in [0.4, 0.5) is 5.69 Å². The number of fused-ring (bicyclic) bond motifs is 1. The average Bonchev–Trinajstić information content (AvgIpc) is 3.15. The zero-order chi connectivity index (χ0) is 18.8. The van der Waals surface area contributed by atoms with Crippen molar-refractivity contribution in [1.29, 1.82) is 0 Å². The Bertz CT molecular complexity index is 972. The maximum absolute atomic E-state index is 11.4. The van der Waals surface area contributed by atoms with Crippen molar-refractivity contribution >= 4 is 22.6 Å². The van der Waals surface area contributed by atoms with E-state index in [1.807, 2.05) is 18.2 Å². The summed E-state index contributed by atoms with van der Waals surface area (Å²) in [6.07, 6.45) is 2.19. The molecule has 1 atom stereocenters. The molecular weight excluding hydrogens is 340 g/mol. The van der Waals surface area contributed by atoms with Gasteiger partial charge in [0.05, 0.1) is 35.1 Å². The molecule has 2 aromatic carbocycles. The van der Waals surface area contributed by atoms with E-state index in [-0.39, 0.29) is 5.56 Å². The molecule has 5 nitrogen and oxygen atoms in total. The first kappa shape index (κ1) is 17.5. The molecule has 1 fully saturated rings. The molecule has 0 radical (unpaired) electrons. The third kappa shape index (κ3) is 3.38. The van der Waals surface area contributed by atoms with E-state index in [0.717, 1.165) is 47.2 Å². The minimum atomic E-state index is -0.927. The number of nitrogens with zero attached hydrogens (tertiary/aromatic N) is 2. The van der Waals surface area contributed by atoms with Gasteiger partial charge in [0.1, 0.15) is 0 Å². The highest BCUT2D eigenvalue weighted by Gasteiger charge is 2.27. The average molecular weight is 362 g/mol. The van der Waals surface area contributed by atoms with Crippen LogP contribution in [-0.2, 0) is 4.74 Å². The van der Waals surface area contributed by atoms with Gasteiger partial charge in [0.2, 0.25) is 0 Å². The smallest absolute Gasteiger partial charge is 0.335 e. The number of ether oxygens (including phenoxy) is 1. The molecule has 0 saturated carbocycles. The number of hydrogen-bond acceptors (Lipinski definition) is 4. The summed E-state index contributed by atoms with van der Waals surface area (Å²) in [5, 5.41) is 10.2. The summed E-state index contributed by atoms with van der Waals surface area (Å²) in [4.78, 5) is 18.6. The summed E-state index contributed by atoms with van der Waals surface area (Å²) >= 11 is 0. The Hall–Kier alpha value is -2.92. The van der Waals surface area contributed by atoms with Gasteiger partial charge in [0, 0.05) is 24.6 Å². The third-order valence-electron chi connectivity index (χ3n) is 5.13. The van der Waals surface area contributed by atoms with Crippen molar-refractivity contribution in [2.45, 2.75) is 18.9 Å². The lowest BCUT2D eigenvalue weighted by Crippen LogP contribution is -2.33. The molecule has 0 amide bonds. The van der Waals surface area contributed by atoms with Gasteiger partial charge in [-0.1, -0.05) is 30.3 Å². The minimum Gasteiger partial charge on any atom is -0.478 e. The lowest BCUT2D eigenvalue weighted by Gasteiger charge is -2.28. The van der Waals surface area contributed by atoms with Crippen molar-refractivity contribution < 1.29 is 14.6 Å². The Kier molecular flexibility index (Phi) is 4.77. The van der Waals surface area contributed by atoms with Crippen LogP contribution in [0.3, 0.4) is 0 Å². The molecule has 138 valence electrons. The SMILES string of the molecule is COC[C@H]1CCCN1c1cc2cc(C(=O)O)ccc2nc1-c1ccccc1. The van der Waals surface area contributed by atoms with Crippen LogP contribution >= 0.6 is 0 Å². The zero-order valence-corrected chi connectivity index (χ0v) is 15.3. The van der Waals surface area contributed by atoms with Crippen molar-refractivity contribution in [3.05, 3.63) is 60.2 Å². The molecule has 1 aliphatic rings. The van der Waals surface area contributed by atoms with E-state index in [0.29, 0.717) is 12.6 Å². The molecule has 0 unspecified atom stereocenters. The van der Waals surface area contributed by atoms with Crippen LogP contribution in [0, 0.1) is 0 Å². The number of anilines is 1. The Labute approximate surface area is 158 Å². The lowest BCUT2D eigenvalue weighted by molar-refractivity contribution is 0.0697. The lowest BCUT2D eigenvalue weighted by atomic mass is 10.0. The molecule has 0 bridgehead atoms. The van der Waals surface area contributed by atoms with Gasteiger partial charge in [0.25, 0.3) is 0 Å². The van der Waals surface area contributed by atoms with Gasteiger partial charge in [-0.3, -0.25) is 0 Å². The quantitative estimate of drug-likeness (QED) is 0.736. The fraction of sp³-hybridized carbons (Fsp3) is 0.273. The van der Waals surface area contributed by atoms with Crippen LogP contribution in [-0.4, -0.2) is 42.4 Å². The van der Waals surface area contributed by atoms with Crippen LogP contribution in [0.25, 0.3) is 22.2 Å². The van der Waals surface area contributed by atoms with Crippen molar-refractivity contribution in [2.24, 2.45) is 0 Å². The molecule has 1 aromatic heterocycles. The second kappa shape index (κ2) is 7.37. The molecule has 1 saturated heterocycles. The molecule has 0 aliphatic carbocycles. The fourth-order valence-corrected chi connectivity index (χ4v) is 3.84. The van der Waals surface area contributed by atoms with E-state index < -0.39 is 5.97 Å². The van der Waals surface area contributed by atoms with Crippen LogP contribution in [0.1, 0.15) is 23.2 Å². The van der Waals surface area contributed by atoms with Crippen molar-refractivity contribution in [3.63, 3.8) is 0 Å². The molecule has 1 N–H and O–H groups in total. The number of aromatic nitrogens is 1. The Morgan fingerprint density at radius 1 is 1.22 bits per heavy atom. The van der Waals surface area contributed by atoms with Gasteiger partial charge in [-0.15, -0.1) is 0 Å². The largest absolute Gasteiger partial charge is 0.478 e. The summed E-state index contributed by atoms with van der Waals surface area (Å²) in [5.74, 6) is -0.927. The molecule has 2 heterocycles. The number of rotatable bonds is 5. The first-order valence-electron chi connectivity index (χ1n) is 9.16. The summed E-state index contributed by atoms with van der Waals surface area (Å²) in [5.41, 5.74) is 4.09. The molecule has 27 heavy (non-hydrogen) atoms. The predicted molar refractivity (Wildman–Crippen MR) is 106 cm³/mol. The van der Waals surface area contributed by atoms with Gasteiger partial charge in [-0.25, -0.2) is 9.78 Å². The van der Waals surface area contributed by atoms with E-state index in [1.165, 1.54) is 0 Å². The van der Waals surface area contributed by atoms with Gasteiger partial charge in [-0.2, -0.15) is 0 Å². The Morgan fingerprint density at radius 3 is 2.78 bits per heavy atom. The van der Waals surface area contributed by atoms with Crippen molar-refractivity contribution in [3.8, 4) is 11.3 Å². The molecule has 1 aliphatic heterocycles. The second-order valence-corrected chi connectivity index (χ2v) is 6.88. The summed E-state index contributed by atoms with van der Waals surface area (Å²) < 4.78 is 5.42. The van der Waals surface area contributed by atoms with E-state index in [4.69, 9.17) is 9.72 Å². The third-order valence-corrected chi connectivity index (χ3v) is 5.13. The van der Waals surface area contributed by atoms with Crippen LogP contribution < -0.4 is 4.90 Å². The topological polar surface area (TPSA) is 62.7 Å². The summed E-state index contributed by atoms with van der Waals surface area (Å²) in [6.45, 7) is 1.61. The van der Waals surface area contributed by atoms with Gasteiger partial charge in [-0.05, 0) is 37.1 Å². The monoisotopic (exact) mass is 362 g/mol. The normalized spacial score (nSPS) is 16.8. The number of carboxylic acid groups (broad SMARTS) is 1. The molecule has 0 spiro atoms. The predicted octanol–water partition coefficient (Wildman–Crippen LogP) is 4.22. The molecular formula is C22H22N2O3. The number of pyridine rings is 1. The van der Waals surface area contributed by atoms with E-state index >= 15 is 0 Å². The van der Waals surface area contributed by atoms with Crippen LogP contribution in [0.5, 0.6) is 0 Å². The highest BCUT2D eigenvalue weighted by atomic mass is 16.5. The first-order chi connectivity index (χ1) is 13.2. The maximum atomic E-state index is 11.4. The second-order valence-electron chi connectivity index (χ2n) is 6.88. The van der Waals surface area contributed by atoms with Gasteiger partial charge in [0.15, 0.2) is 0 Å². The summed E-state index contributed by atoms with van der Waals surface area (Å²) in [7, 11) is 1.73. The van der Waals surface area contributed by atoms with Gasteiger partial charge < -0.3 is 14.7 Å². The standard InChI is InChI=1S/C22H22N2O3/c1-27-14-18-8-5-11-24(18)20-13-17-12-16(22(25)26)9-10-19(17)23-21(20)15-6-3-2-4-7-15/h2-4,6-7,9-10,12-13,18H,5,8,11,14H2,1H3,(H,25,26)/t18-/m1/s1. The maximum Gasteiger partial charge on any atom is 0.335 e. The number of hydrogen-bond donors (Lipinski definition) is 1. The number of methoxy groups -OCH3 is 1. The number of benzene rings is 2. The van der Waals surface area contributed by atoms with E-state index in [1.54, 1.807) is 25.3 Å². The number of carbonyl (C=O) groups is 1. The van der Waals surface area contributed by atoms with Crippen LogP contribution in [0.2, 0.25) is 0 Å². The van der Waals surface area contributed by atoms with E-state index in [9.17, 15) is 9.90 Å². The van der Waals surface area contributed by atoms with Crippen molar-refractivity contribution in [2.75, 3.05) is 25.2 Å². The highest BCUT2D eigenvalue weighted by Crippen LogP contribution is 2.36. The highest BCUT2D eigenvalue weighted by molar-refractivity contribution is 5.96. The summed E-state index contributed by atoms with van der Waals surface area (Å²) in [6, 6.07) is 17.6. The first-order valence-corrected chi connectivity index (χ1v) is 9.16. The molecule has 5 heteroatoms. The van der Waals surface area contributed by atoms with E-state index in [2.05, 4.69) is 23.1 Å². The number of carboxylic acids is 1.